The van der Waals surface area contributed by atoms with E-state index in [9.17, 15) is 9.90 Å². The van der Waals surface area contributed by atoms with Crippen molar-refractivity contribution >= 4 is 11.6 Å². The molecule has 3 nitrogen and oxygen atoms in total. The lowest BCUT2D eigenvalue weighted by molar-refractivity contribution is -0.117. The Morgan fingerprint density at radius 1 is 1.17 bits per heavy atom. The molecule has 0 spiro atoms. The monoisotopic (exact) mass is 315 g/mol. The zero-order valence-electron chi connectivity index (χ0n) is 14.8. The first-order chi connectivity index (χ1) is 10.9. The summed E-state index contributed by atoms with van der Waals surface area (Å²) >= 11 is 0. The van der Waals surface area contributed by atoms with Gasteiger partial charge in [-0.2, -0.15) is 0 Å². The van der Waals surface area contributed by atoms with Crippen molar-refractivity contribution in [2.24, 2.45) is 5.41 Å². The van der Waals surface area contributed by atoms with Crippen LogP contribution in [0.4, 0.5) is 5.69 Å². The maximum absolute atomic E-state index is 12.2. The number of aromatic hydroxyl groups is 1. The van der Waals surface area contributed by atoms with Crippen LogP contribution in [0.1, 0.15) is 59.8 Å². The number of hydrogen-bond donors (Lipinski definition) is 2. The number of nitrogens with one attached hydrogen (secondary N) is 1. The third-order valence-electron chi connectivity index (χ3n) is 3.54. The van der Waals surface area contributed by atoms with Crippen molar-refractivity contribution in [1.82, 2.24) is 0 Å². The van der Waals surface area contributed by atoms with E-state index in [-0.39, 0.29) is 17.1 Å². The highest BCUT2D eigenvalue weighted by atomic mass is 16.3. The van der Waals surface area contributed by atoms with Crippen LogP contribution in [0.15, 0.2) is 41.6 Å². The van der Waals surface area contributed by atoms with Crippen LogP contribution in [0.3, 0.4) is 0 Å². The van der Waals surface area contributed by atoms with E-state index in [4.69, 9.17) is 0 Å². The number of carbonyl (C=O) groups excluding carboxylic acids is 1. The van der Waals surface area contributed by atoms with Crippen molar-refractivity contribution in [3.8, 4) is 5.75 Å². The minimum absolute atomic E-state index is 0.0359. The second-order valence-electron chi connectivity index (χ2n) is 6.65. The maximum atomic E-state index is 12.2. The van der Waals surface area contributed by atoms with Gasteiger partial charge in [0.25, 0.3) is 0 Å². The minimum Gasteiger partial charge on any atom is -0.508 e. The van der Waals surface area contributed by atoms with E-state index in [2.05, 4.69) is 24.9 Å². The first-order valence-electron chi connectivity index (χ1n) is 8.40. The second kappa shape index (κ2) is 9.22. The van der Waals surface area contributed by atoms with Gasteiger partial charge in [0.05, 0.1) is 0 Å². The van der Waals surface area contributed by atoms with Gasteiger partial charge in [-0.3, -0.25) is 4.79 Å². The molecule has 0 heterocycles. The molecule has 0 unspecified atom stereocenters. The van der Waals surface area contributed by atoms with E-state index in [0.717, 1.165) is 25.7 Å². The SMILES string of the molecule is CCCC(=C=CC(C)(C)CC(=O)Nc1ccc(O)cc1)CCC. The largest absolute Gasteiger partial charge is 0.508 e. The summed E-state index contributed by atoms with van der Waals surface area (Å²) in [6, 6.07) is 6.50. The Kier molecular flexibility index (Phi) is 7.64. The quantitative estimate of drug-likeness (QED) is 0.496. The van der Waals surface area contributed by atoms with Gasteiger partial charge >= 0.3 is 0 Å². The second-order valence-corrected chi connectivity index (χ2v) is 6.65. The molecule has 0 aromatic heterocycles. The predicted octanol–water partition coefficient (Wildman–Crippen LogP) is 5.43. The van der Waals surface area contributed by atoms with E-state index in [0.29, 0.717) is 12.1 Å². The van der Waals surface area contributed by atoms with Gasteiger partial charge in [-0.05, 0) is 54.2 Å². The number of phenolic OH excluding ortho intramolecular Hbond substituents is 1. The molecule has 0 saturated carbocycles. The van der Waals surface area contributed by atoms with Crippen molar-refractivity contribution < 1.29 is 9.90 Å². The standard InChI is InChI=1S/C20H29NO2/c1-5-7-16(8-6-2)13-14-20(3,4)15-19(23)21-17-9-11-18(22)12-10-17/h9-12,14,22H,5-8,15H2,1-4H3,(H,21,23). The molecule has 0 aliphatic carbocycles. The summed E-state index contributed by atoms with van der Waals surface area (Å²) in [5.74, 6) is 0.155. The summed E-state index contributed by atoms with van der Waals surface area (Å²) < 4.78 is 0. The number of benzene rings is 1. The average Bonchev–Trinajstić information content (AvgIpc) is 2.47. The molecule has 0 atom stereocenters. The number of rotatable bonds is 8. The van der Waals surface area contributed by atoms with Crippen LogP contribution in [0.2, 0.25) is 0 Å². The first kappa shape index (κ1) is 19.1. The molecular weight excluding hydrogens is 286 g/mol. The molecule has 126 valence electrons. The number of carbonyl (C=O) groups is 1. The molecule has 23 heavy (non-hydrogen) atoms. The van der Waals surface area contributed by atoms with Crippen LogP contribution >= 0.6 is 0 Å². The van der Waals surface area contributed by atoms with Crippen LogP contribution in [0.25, 0.3) is 0 Å². The Morgan fingerprint density at radius 3 is 2.26 bits per heavy atom. The maximum Gasteiger partial charge on any atom is 0.225 e. The van der Waals surface area contributed by atoms with Crippen molar-refractivity contribution in [3.05, 3.63) is 41.6 Å². The Hall–Kier alpha value is -1.99. The van der Waals surface area contributed by atoms with Crippen LogP contribution < -0.4 is 5.32 Å². The lowest BCUT2D eigenvalue weighted by Gasteiger charge is -2.18. The van der Waals surface area contributed by atoms with Crippen molar-refractivity contribution in [2.75, 3.05) is 5.32 Å². The normalized spacial score (nSPS) is 10.8. The van der Waals surface area contributed by atoms with Gasteiger partial charge in [0.1, 0.15) is 5.75 Å². The number of hydrogen-bond acceptors (Lipinski definition) is 2. The van der Waals surface area contributed by atoms with E-state index in [1.165, 1.54) is 5.57 Å². The molecule has 0 aliphatic heterocycles. The molecule has 2 N–H and O–H groups in total. The zero-order chi connectivity index (χ0) is 17.3. The molecular formula is C20H29NO2. The van der Waals surface area contributed by atoms with Gasteiger partial charge in [-0.25, -0.2) is 0 Å². The highest BCUT2D eigenvalue weighted by molar-refractivity contribution is 5.91. The zero-order valence-corrected chi connectivity index (χ0v) is 14.8. The fourth-order valence-electron chi connectivity index (χ4n) is 2.39. The smallest absolute Gasteiger partial charge is 0.225 e. The molecule has 0 aliphatic rings. The summed E-state index contributed by atoms with van der Waals surface area (Å²) in [4.78, 5) is 12.2. The number of phenols is 1. The van der Waals surface area contributed by atoms with Crippen LogP contribution in [-0.4, -0.2) is 11.0 Å². The molecule has 0 saturated heterocycles. The van der Waals surface area contributed by atoms with Crippen LogP contribution in [0, 0.1) is 5.41 Å². The summed E-state index contributed by atoms with van der Waals surface area (Å²) in [5.41, 5.74) is 5.21. The summed E-state index contributed by atoms with van der Waals surface area (Å²) in [7, 11) is 0. The Labute approximate surface area is 140 Å². The predicted molar refractivity (Wildman–Crippen MR) is 96.5 cm³/mol. The highest BCUT2D eigenvalue weighted by Gasteiger charge is 2.19. The third-order valence-corrected chi connectivity index (χ3v) is 3.54. The first-order valence-corrected chi connectivity index (χ1v) is 8.40. The molecule has 1 aromatic rings. The van der Waals surface area contributed by atoms with Crippen molar-refractivity contribution in [1.29, 1.82) is 0 Å². The Bertz CT molecular complexity index is 556. The van der Waals surface area contributed by atoms with E-state index in [1.54, 1.807) is 24.3 Å². The Balaban J connectivity index is 2.70. The lowest BCUT2D eigenvalue weighted by atomic mass is 9.88. The number of allylic oxidation sites excluding steroid dienone is 1. The molecule has 1 aromatic carbocycles. The van der Waals surface area contributed by atoms with E-state index >= 15 is 0 Å². The van der Waals surface area contributed by atoms with Crippen molar-refractivity contribution in [2.45, 2.75) is 59.8 Å². The van der Waals surface area contributed by atoms with Gasteiger partial charge in [0, 0.05) is 12.1 Å². The van der Waals surface area contributed by atoms with Crippen LogP contribution in [0.5, 0.6) is 5.75 Å². The van der Waals surface area contributed by atoms with Crippen molar-refractivity contribution in [3.63, 3.8) is 0 Å². The fraction of sp³-hybridized carbons (Fsp3) is 0.500. The highest BCUT2D eigenvalue weighted by Crippen LogP contribution is 2.24. The third kappa shape index (κ3) is 7.71. The van der Waals surface area contributed by atoms with Crippen LogP contribution in [-0.2, 0) is 4.79 Å². The van der Waals surface area contributed by atoms with Gasteiger partial charge in [-0.1, -0.05) is 40.5 Å². The van der Waals surface area contributed by atoms with Gasteiger partial charge < -0.3 is 10.4 Å². The summed E-state index contributed by atoms with van der Waals surface area (Å²) in [6.07, 6.45) is 6.81. The number of amides is 1. The lowest BCUT2D eigenvalue weighted by Crippen LogP contribution is -2.20. The number of anilines is 1. The molecule has 0 radical (unpaired) electrons. The van der Waals surface area contributed by atoms with E-state index < -0.39 is 0 Å². The topological polar surface area (TPSA) is 49.3 Å². The fourth-order valence-corrected chi connectivity index (χ4v) is 2.39. The Morgan fingerprint density at radius 2 is 1.74 bits per heavy atom. The molecule has 0 fully saturated rings. The van der Waals surface area contributed by atoms with Gasteiger partial charge in [0.15, 0.2) is 0 Å². The van der Waals surface area contributed by atoms with Gasteiger partial charge in [0.2, 0.25) is 5.91 Å². The molecule has 3 heteroatoms. The summed E-state index contributed by atoms with van der Waals surface area (Å²) in [5, 5.41) is 12.1. The van der Waals surface area contributed by atoms with E-state index in [1.807, 2.05) is 19.9 Å². The minimum atomic E-state index is -0.242. The van der Waals surface area contributed by atoms with Gasteiger partial charge in [-0.15, -0.1) is 5.73 Å². The summed E-state index contributed by atoms with van der Waals surface area (Å²) in [6.45, 7) is 8.44. The average molecular weight is 315 g/mol. The molecule has 1 rings (SSSR count). The molecule has 0 bridgehead atoms. The molecule has 1 amide bonds.